The van der Waals surface area contributed by atoms with Crippen LogP contribution in [0.3, 0.4) is 0 Å². The number of nitriles is 1. The van der Waals surface area contributed by atoms with E-state index < -0.39 is 16.1 Å². The molecule has 1 aliphatic rings. The van der Waals surface area contributed by atoms with E-state index in [0.29, 0.717) is 32.7 Å². The van der Waals surface area contributed by atoms with Gasteiger partial charge in [0.05, 0.1) is 16.6 Å². The smallest absolute Gasteiger partial charge is 0.244 e. The van der Waals surface area contributed by atoms with Gasteiger partial charge in [-0.25, -0.2) is 8.42 Å². The lowest BCUT2D eigenvalue weighted by molar-refractivity contribution is 0.0921. The Bertz CT molecular complexity index is 886. The van der Waals surface area contributed by atoms with E-state index >= 15 is 0 Å². The first-order chi connectivity index (χ1) is 12.5. The number of hydrogen-bond donors (Lipinski definition) is 1. The van der Waals surface area contributed by atoms with Crippen molar-refractivity contribution in [2.24, 2.45) is 0 Å². The van der Waals surface area contributed by atoms with Crippen LogP contribution in [0.4, 0.5) is 0 Å². The summed E-state index contributed by atoms with van der Waals surface area (Å²) in [5.41, 5.74) is 1.01. The average molecular weight is 371 g/mol. The Morgan fingerprint density at radius 3 is 2.27 bits per heavy atom. The Kier molecular flexibility index (Phi) is 5.69. The van der Waals surface area contributed by atoms with Gasteiger partial charge in [0.15, 0.2) is 0 Å². The highest BCUT2D eigenvalue weighted by molar-refractivity contribution is 7.89. The minimum atomic E-state index is -3.69. The van der Waals surface area contributed by atoms with Crippen LogP contribution in [0, 0.1) is 11.3 Å². The van der Waals surface area contributed by atoms with E-state index in [0.717, 1.165) is 5.56 Å². The number of aliphatic hydroxyl groups is 1. The maximum absolute atomic E-state index is 12.8. The van der Waals surface area contributed by atoms with E-state index in [9.17, 15) is 13.5 Å². The first kappa shape index (κ1) is 18.5. The van der Waals surface area contributed by atoms with Crippen molar-refractivity contribution >= 4 is 10.0 Å². The number of aliphatic hydroxyl groups excluding tert-OH is 1. The molecule has 1 saturated heterocycles. The van der Waals surface area contributed by atoms with Crippen LogP contribution >= 0.6 is 0 Å². The summed E-state index contributed by atoms with van der Waals surface area (Å²) < 4.78 is 27.1. The summed E-state index contributed by atoms with van der Waals surface area (Å²) in [7, 11) is -3.69. The molecule has 0 unspecified atom stereocenters. The topological polar surface area (TPSA) is 84.6 Å². The summed E-state index contributed by atoms with van der Waals surface area (Å²) in [6.07, 6.45) is -0.598. The van der Waals surface area contributed by atoms with Crippen LogP contribution in [0.1, 0.15) is 17.2 Å². The molecule has 6 nitrogen and oxygen atoms in total. The zero-order valence-electron chi connectivity index (χ0n) is 14.3. The van der Waals surface area contributed by atoms with Crippen LogP contribution in [0.15, 0.2) is 59.5 Å². The van der Waals surface area contributed by atoms with E-state index in [-0.39, 0.29) is 10.5 Å². The van der Waals surface area contributed by atoms with Gasteiger partial charge in [-0.3, -0.25) is 4.90 Å². The number of hydrogen-bond acceptors (Lipinski definition) is 5. The first-order valence-corrected chi connectivity index (χ1v) is 9.91. The number of sulfonamides is 1. The monoisotopic (exact) mass is 371 g/mol. The van der Waals surface area contributed by atoms with Crippen molar-refractivity contribution in [1.82, 2.24) is 9.21 Å². The molecule has 0 aromatic heterocycles. The molecule has 1 fully saturated rings. The second-order valence-corrected chi connectivity index (χ2v) is 8.15. The highest BCUT2D eigenvalue weighted by Gasteiger charge is 2.30. The Balaban J connectivity index is 1.64. The summed E-state index contributed by atoms with van der Waals surface area (Å²) in [5, 5.41) is 19.5. The maximum atomic E-state index is 12.8. The molecule has 0 saturated carbocycles. The van der Waals surface area contributed by atoms with Crippen LogP contribution < -0.4 is 0 Å². The van der Waals surface area contributed by atoms with Gasteiger partial charge in [0.25, 0.3) is 0 Å². The van der Waals surface area contributed by atoms with Gasteiger partial charge in [0.1, 0.15) is 6.07 Å². The van der Waals surface area contributed by atoms with Crippen molar-refractivity contribution in [2.45, 2.75) is 11.0 Å². The first-order valence-electron chi connectivity index (χ1n) is 8.47. The molecule has 1 heterocycles. The average Bonchev–Trinajstić information content (AvgIpc) is 2.69. The highest BCUT2D eigenvalue weighted by atomic mass is 32.2. The second-order valence-electron chi connectivity index (χ2n) is 6.24. The standard InChI is InChI=1S/C19H21N3O3S/c20-14-17-8-4-5-9-19(17)26(24,25)22-12-10-21(11-13-22)15-18(23)16-6-2-1-3-7-16/h1-9,18,23H,10-13,15H2/t18-/m1/s1. The van der Waals surface area contributed by atoms with E-state index in [1.54, 1.807) is 12.1 Å². The molecule has 136 valence electrons. The zero-order chi connectivity index (χ0) is 18.6. The molecule has 0 amide bonds. The Morgan fingerprint density at radius 2 is 1.62 bits per heavy atom. The van der Waals surface area contributed by atoms with Gasteiger partial charge in [-0.05, 0) is 17.7 Å². The van der Waals surface area contributed by atoms with Crippen molar-refractivity contribution in [3.05, 3.63) is 65.7 Å². The summed E-state index contributed by atoms with van der Waals surface area (Å²) in [5.74, 6) is 0. The molecule has 0 bridgehead atoms. The molecule has 2 aromatic carbocycles. The molecule has 2 aromatic rings. The number of rotatable bonds is 5. The fourth-order valence-corrected chi connectivity index (χ4v) is 4.66. The van der Waals surface area contributed by atoms with E-state index in [1.807, 2.05) is 36.4 Å². The summed E-state index contributed by atoms with van der Waals surface area (Å²) in [6.45, 7) is 2.22. The van der Waals surface area contributed by atoms with Crippen molar-refractivity contribution in [3.8, 4) is 6.07 Å². The predicted octanol–water partition coefficient (Wildman–Crippen LogP) is 1.60. The van der Waals surface area contributed by atoms with Gasteiger partial charge in [0, 0.05) is 32.7 Å². The largest absolute Gasteiger partial charge is 0.387 e. The van der Waals surface area contributed by atoms with Crippen LogP contribution in [-0.4, -0.2) is 55.5 Å². The molecule has 3 rings (SSSR count). The van der Waals surface area contributed by atoms with Gasteiger partial charge >= 0.3 is 0 Å². The molecule has 7 heteroatoms. The van der Waals surface area contributed by atoms with Gasteiger partial charge in [0.2, 0.25) is 10.0 Å². The quantitative estimate of drug-likeness (QED) is 0.863. The lowest BCUT2D eigenvalue weighted by Gasteiger charge is -2.35. The van der Waals surface area contributed by atoms with Crippen LogP contribution in [0.2, 0.25) is 0 Å². The van der Waals surface area contributed by atoms with Gasteiger partial charge in [-0.15, -0.1) is 0 Å². The third-order valence-electron chi connectivity index (χ3n) is 4.57. The normalized spacial score (nSPS) is 17.5. The van der Waals surface area contributed by atoms with Crippen LogP contribution in [0.5, 0.6) is 0 Å². The Labute approximate surface area is 154 Å². The Morgan fingerprint density at radius 1 is 1.00 bits per heavy atom. The highest BCUT2D eigenvalue weighted by Crippen LogP contribution is 2.22. The molecule has 0 spiro atoms. The molecular formula is C19H21N3O3S. The van der Waals surface area contributed by atoms with Crippen molar-refractivity contribution in [3.63, 3.8) is 0 Å². The SMILES string of the molecule is N#Cc1ccccc1S(=O)(=O)N1CCN(C[C@@H](O)c2ccccc2)CC1. The number of β-amino-alcohol motifs (C(OH)–C–C–N with tert-alkyl or cyclic N) is 1. The van der Waals surface area contributed by atoms with Gasteiger partial charge in [-0.2, -0.15) is 9.57 Å². The molecule has 26 heavy (non-hydrogen) atoms. The molecule has 1 atom stereocenters. The fourth-order valence-electron chi connectivity index (χ4n) is 3.10. The third-order valence-corrected chi connectivity index (χ3v) is 6.53. The zero-order valence-corrected chi connectivity index (χ0v) is 15.1. The van der Waals surface area contributed by atoms with E-state index in [2.05, 4.69) is 4.90 Å². The van der Waals surface area contributed by atoms with Crippen LogP contribution in [-0.2, 0) is 10.0 Å². The number of piperazine rings is 1. The number of nitrogens with zero attached hydrogens (tertiary/aromatic N) is 3. The van der Waals surface area contributed by atoms with Crippen molar-refractivity contribution in [2.75, 3.05) is 32.7 Å². The summed E-state index contributed by atoms with van der Waals surface area (Å²) >= 11 is 0. The molecular weight excluding hydrogens is 350 g/mol. The fraction of sp³-hybridized carbons (Fsp3) is 0.316. The summed E-state index contributed by atoms with van der Waals surface area (Å²) in [4.78, 5) is 2.11. The van der Waals surface area contributed by atoms with E-state index in [4.69, 9.17) is 5.26 Å². The Hall–Kier alpha value is -2.24. The van der Waals surface area contributed by atoms with Crippen molar-refractivity contribution < 1.29 is 13.5 Å². The summed E-state index contributed by atoms with van der Waals surface area (Å²) in [6, 6.07) is 17.6. The predicted molar refractivity (Wildman–Crippen MR) is 97.8 cm³/mol. The number of benzene rings is 2. The van der Waals surface area contributed by atoms with Gasteiger partial charge in [-0.1, -0.05) is 42.5 Å². The van der Waals surface area contributed by atoms with Crippen molar-refractivity contribution in [1.29, 1.82) is 5.26 Å². The molecule has 1 N–H and O–H groups in total. The third kappa shape index (κ3) is 3.94. The minimum Gasteiger partial charge on any atom is -0.387 e. The lowest BCUT2D eigenvalue weighted by atomic mass is 10.1. The van der Waals surface area contributed by atoms with E-state index in [1.165, 1.54) is 16.4 Å². The van der Waals surface area contributed by atoms with Crippen LogP contribution in [0.25, 0.3) is 0 Å². The molecule has 0 aliphatic carbocycles. The molecule has 0 radical (unpaired) electrons. The lowest BCUT2D eigenvalue weighted by Crippen LogP contribution is -2.49. The van der Waals surface area contributed by atoms with Gasteiger partial charge < -0.3 is 5.11 Å². The molecule has 1 aliphatic heterocycles. The maximum Gasteiger partial charge on any atom is 0.244 e. The minimum absolute atomic E-state index is 0.0558. The second kappa shape index (κ2) is 7.98.